The van der Waals surface area contributed by atoms with Crippen molar-refractivity contribution in [2.75, 3.05) is 0 Å². The number of hydrogen-bond donors (Lipinski definition) is 0. The van der Waals surface area contributed by atoms with Gasteiger partial charge in [-0.3, -0.25) is 4.79 Å². The maximum Gasteiger partial charge on any atom is 0.145 e. The van der Waals surface area contributed by atoms with Gasteiger partial charge in [0.05, 0.1) is 0 Å². The van der Waals surface area contributed by atoms with E-state index in [0.717, 1.165) is 25.7 Å². The van der Waals surface area contributed by atoms with Gasteiger partial charge in [0.15, 0.2) is 0 Å². The second kappa shape index (κ2) is 4.12. The minimum atomic E-state index is -0.00408. The Bertz CT molecular complexity index is 390. The summed E-state index contributed by atoms with van der Waals surface area (Å²) in [5.74, 6) is 1.47. The molecule has 17 heavy (non-hydrogen) atoms. The first-order valence-electron chi connectivity index (χ1n) is 7.12. The van der Waals surface area contributed by atoms with E-state index in [1.165, 1.54) is 24.8 Å². The van der Waals surface area contributed by atoms with Crippen molar-refractivity contribution in [3.05, 3.63) is 23.8 Å². The molecule has 2 fully saturated rings. The van der Waals surface area contributed by atoms with Gasteiger partial charge in [-0.25, -0.2) is 0 Å². The summed E-state index contributed by atoms with van der Waals surface area (Å²) in [6, 6.07) is 0. The number of allylic oxidation sites excluding steroid dienone is 4. The first-order chi connectivity index (χ1) is 8.21. The summed E-state index contributed by atoms with van der Waals surface area (Å²) in [4.78, 5) is 12.7. The van der Waals surface area contributed by atoms with Crippen molar-refractivity contribution in [2.45, 2.75) is 51.9 Å². The van der Waals surface area contributed by atoms with Crippen molar-refractivity contribution in [1.29, 1.82) is 0 Å². The molecule has 0 heterocycles. The average Bonchev–Trinajstić information content (AvgIpc) is 2.34. The monoisotopic (exact) mass is 230 g/mol. The zero-order valence-corrected chi connectivity index (χ0v) is 10.7. The molecule has 0 N–H and O–H groups in total. The van der Waals surface area contributed by atoms with Crippen LogP contribution in [0.2, 0.25) is 0 Å². The fourth-order valence-electron chi connectivity index (χ4n) is 4.06. The zero-order valence-electron chi connectivity index (χ0n) is 10.7. The average molecular weight is 230 g/mol. The summed E-state index contributed by atoms with van der Waals surface area (Å²) < 4.78 is 0. The molecule has 0 spiro atoms. The normalized spacial score (nSPS) is 41.2. The number of rotatable bonds is 0. The molecule has 3 aliphatic carbocycles. The van der Waals surface area contributed by atoms with E-state index >= 15 is 0 Å². The van der Waals surface area contributed by atoms with Crippen LogP contribution in [0.4, 0.5) is 0 Å². The lowest BCUT2D eigenvalue weighted by atomic mass is 9.61. The van der Waals surface area contributed by atoms with Gasteiger partial charge in [-0.1, -0.05) is 43.6 Å². The predicted molar refractivity (Wildman–Crippen MR) is 69.6 cm³/mol. The highest BCUT2D eigenvalue weighted by atomic mass is 16.1. The first-order valence-corrected chi connectivity index (χ1v) is 7.12. The molecule has 2 saturated carbocycles. The topological polar surface area (TPSA) is 17.1 Å². The van der Waals surface area contributed by atoms with Gasteiger partial charge in [0.2, 0.25) is 0 Å². The molecule has 3 aliphatic rings. The molecule has 3 rings (SSSR count). The molecular weight excluding hydrogens is 208 g/mol. The molecule has 0 aromatic rings. The summed E-state index contributed by atoms with van der Waals surface area (Å²) in [6.07, 6.45) is 14.9. The molecule has 3 unspecified atom stereocenters. The van der Waals surface area contributed by atoms with Crippen molar-refractivity contribution in [3.8, 4) is 0 Å². The number of hydrogen-bond acceptors (Lipinski definition) is 1. The fraction of sp³-hybridized carbons (Fsp3) is 0.688. The summed E-state index contributed by atoms with van der Waals surface area (Å²) in [5.41, 5.74) is 1.46. The Morgan fingerprint density at radius 3 is 2.82 bits per heavy atom. The Hall–Kier alpha value is -0.850. The summed E-state index contributed by atoms with van der Waals surface area (Å²) in [7, 11) is 0. The largest absolute Gasteiger partial charge is 0.298 e. The van der Waals surface area contributed by atoms with Crippen molar-refractivity contribution in [3.63, 3.8) is 0 Å². The standard InChI is InChI=1S/C16H22O/c1-16-10-4-7-12-6-2-3-8-13(12)14(15(16)17)9-5-11-16/h2-3,8,12,14H,4-7,9-11H2,1H3. The molecule has 3 atom stereocenters. The first kappa shape index (κ1) is 11.3. The molecule has 1 heteroatoms. The summed E-state index contributed by atoms with van der Waals surface area (Å²) in [5, 5.41) is 0. The van der Waals surface area contributed by atoms with E-state index in [4.69, 9.17) is 0 Å². The van der Waals surface area contributed by atoms with Gasteiger partial charge in [0.1, 0.15) is 5.78 Å². The van der Waals surface area contributed by atoms with Gasteiger partial charge >= 0.3 is 0 Å². The second-order valence-electron chi connectivity index (χ2n) is 6.29. The van der Waals surface area contributed by atoms with Gasteiger partial charge < -0.3 is 0 Å². The van der Waals surface area contributed by atoms with E-state index in [9.17, 15) is 4.79 Å². The lowest BCUT2D eigenvalue weighted by Gasteiger charge is -2.42. The predicted octanol–water partition coefficient (Wildman–Crippen LogP) is 4.05. The van der Waals surface area contributed by atoms with E-state index in [2.05, 4.69) is 25.2 Å². The van der Waals surface area contributed by atoms with Crippen molar-refractivity contribution >= 4 is 5.78 Å². The third kappa shape index (κ3) is 1.80. The van der Waals surface area contributed by atoms with Crippen molar-refractivity contribution in [2.24, 2.45) is 17.3 Å². The van der Waals surface area contributed by atoms with E-state index in [-0.39, 0.29) is 11.3 Å². The van der Waals surface area contributed by atoms with Crippen LogP contribution in [0.25, 0.3) is 0 Å². The van der Waals surface area contributed by atoms with E-state index in [1.54, 1.807) is 0 Å². The zero-order chi connectivity index (χ0) is 11.9. The van der Waals surface area contributed by atoms with Crippen LogP contribution in [-0.2, 0) is 4.79 Å². The van der Waals surface area contributed by atoms with Crippen LogP contribution in [0.15, 0.2) is 23.8 Å². The lowest BCUT2D eigenvalue weighted by molar-refractivity contribution is -0.135. The highest BCUT2D eigenvalue weighted by Gasteiger charge is 2.44. The van der Waals surface area contributed by atoms with Crippen molar-refractivity contribution in [1.82, 2.24) is 0 Å². The molecule has 2 bridgehead atoms. The lowest BCUT2D eigenvalue weighted by Crippen LogP contribution is -2.41. The minimum absolute atomic E-state index is 0.00408. The molecule has 0 aromatic carbocycles. The molecule has 0 aliphatic heterocycles. The minimum Gasteiger partial charge on any atom is -0.298 e. The molecular formula is C16H22O. The Morgan fingerprint density at radius 2 is 2.00 bits per heavy atom. The SMILES string of the molecule is CC12CCCC3CC=CC=C3C(CCC1)C2=O. The Morgan fingerprint density at radius 1 is 1.24 bits per heavy atom. The van der Waals surface area contributed by atoms with Crippen LogP contribution in [0, 0.1) is 17.3 Å². The Labute approximate surface area is 104 Å². The summed E-state index contributed by atoms with van der Waals surface area (Å²) >= 11 is 0. The third-order valence-electron chi connectivity index (χ3n) is 5.13. The van der Waals surface area contributed by atoms with Crippen LogP contribution in [0.1, 0.15) is 51.9 Å². The molecule has 0 aromatic heterocycles. The van der Waals surface area contributed by atoms with Gasteiger partial charge in [-0.2, -0.15) is 0 Å². The number of carbonyl (C=O) groups is 1. The molecule has 0 radical (unpaired) electrons. The number of Topliss-reactive ketones (excluding diaryl/α,β-unsaturated/α-hetero) is 1. The number of ketones is 1. The maximum absolute atomic E-state index is 12.7. The molecule has 92 valence electrons. The summed E-state index contributed by atoms with van der Waals surface area (Å²) in [6.45, 7) is 2.21. The smallest absolute Gasteiger partial charge is 0.145 e. The second-order valence-corrected chi connectivity index (χ2v) is 6.29. The van der Waals surface area contributed by atoms with Crippen LogP contribution in [-0.4, -0.2) is 5.78 Å². The van der Waals surface area contributed by atoms with Gasteiger partial charge in [0, 0.05) is 11.3 Å². The van der Waals surface area contributed by atoms with E-state index < -0.39 is 0 Å². The van der Waals surface area contributed by atoms with E-state index in [0.29, 0.717) is 11.7 Å². The van der Waals surface area contributed by atoms with Crippen LogP contribution in [0.3, 0.4) is 0 Å². The number of carbonyl (C=O) groups excluding carboxylic acids is 1. The molecule has 1 nitrogen and oxygen atoms in total. The van der Waals surface area contributed by atoms with Gasteiger partial charge in [-0.05, 0) is 38.0 Å². The van der Waals surface area contributed by atoms with E-state index in [1.807, 2.05) is 0 Å². The quantitative estimate of drug-likeness (QED) is 0.613. The van der Waals surface area contributed by atoms with Crippen LogP contribution < -0.4 is 0 Å². The Balaban J connectivity index is 1.98. The Kier molecular flexibility index (Phi) is 2.72. The van der Waals surface area contributed by atoms with Crippen LogP contribution >= 0.6 is 0 Å². The number of fused-ring (bicyclic) bond motifs is 4. The molecule has 0 amide bonds. The van der Waals surface area contributed by atoms with Gasteiger partial charge in [-0.15, -0.1) is 0 Å². The highest BCUT2D eigenvalue weighted by molar-refractivity contribution is 5.90. The highest BCUT2D eigenvalue weighted by Crippen LogP contribution is 2.47. The third-order valence-corrected chi connectivity index (χ3v) is 5.13. The fourth-order valence-corrected chi connectivity index (χ4v) is 4.06. The maximum atomic E-state index is 12.7. The van der Waals surface area contributed by atoms with Crippen molar-refractivity contribution < 1.29 is 4.79 Å². The van der Waals surface area contributed by atoms with Crippen LogP contribution in [0.5, 0.6) is 0 Å². The van der Waals surface area contributed by atoms with Gasteiger partial charge in [0.25, 0.3) is 0 Å². The molecule has 0 saturated heterocycles.